The van der Waals surface area contributed by atoms with E-state index in [0.717, 1.165) is 30.0 Å². The zero-order chi connectivity index (χ0) is 12.0. The van der Waals surface area contributed by atoms with Crippen molar-refractivity contribution in [2.24, 2.45) is 0 Å². The molecule has 1 fully saturated rings. The lowest BCUT2D eigenvalue weighted by Gasteiger charge is -2.03. The summed E-state index contributed by atoms with van der Waals surface area (Å²) in [5, 5.41) is 0.782. The zero-order valence-corrected chi connectivity index (χ0v) is 13.7. The third kappa shape index (κ3) is 2.41. The van der Waals surface area contributed by atoms with Crippen molar-refractivity contribution in [1.82, 2.24) is 15.0 Å². The number of aromatic amines is 1. The van der Waals surface area contributed by atoms with Gasteiger partial charge in [-0.3, -0.25) is 4.79 Å². The summed E-state index contributed by atoms with van der Waals surface area (Å²) in [4.78, 5) is 23.5. The second-order valence-electron chi connectivity index (χ2n) is 3.86. The maximum absolute atomic E-state index is 11.8. The normalized spacial score (nSPS) is 15.2. The number of nitrogens with one attached hydrogen (secondary N) is 1. The highest BCUT2D eigenvalue weighted by atomic mass is 127. The van der Waals surface area contributed by atoms with Gasteiger partial charge in [0.1, 0.15) is 3.57 Å². The van der Waals surface area contributed by atoms with E-state index in [1.165, 1.54) is 11.3 Å². The molecule has 0 aliphatic heterocycles. The molecule has 7 heteroatoms. The van der Waals surface area contributed by atoms with Gasteiger partial charge in [-0.1, -0.05) is 0 Å². The van der Waals surface area contributed by atoms with Crippen LogP contribution in [0.1, 0.15) is 24.5 Å². The Balaban J connectivity index is 2.14. The highest BCUT2D eigenvalue weighted by molar-refractivity contribution is 14.1. The maximum atomic E-state index is 11.8. The molecule has 1 aliphatic rings. The molecule has 2 heterocycles. The molecule has 0 unspecified atom stereocenters. The van der Waals surface area contributed by atoms with Gasteiger partial charge in [-0.05, 0) is 58.0 Å². The predicted octanol–water partition coefficient (Wildman–Crippen LogP) is 2.98. The lowest BCUT2D eigenvalue weighted by Crippen LogP contribution is -2.15. The molecule has 0 spiro atoms. The van der Waals surface area contributed by atoms with E-state index in [-0.39, 0.29) is 5.56 Å². The molecular weight excluding hydrogens is 464 g/mol. The number of nitrogens with zero attached hydrogens (tertiary/aromatic N) is 2. The Bertz CT molecular complexity index is 633. The average Bonchev–Trinajstić information content (AvgIpc) is 3.05. The Hall–Kier alpha value is -0.0300. The van der Waals surface area contributed by atoms with Crippen LogP contribution in [0.25, 0.3) is 10.8 Å². The first-order valence-corrected chi connectivity index (χ1v) is 8.04. The van der Waals surface area contributed by atoms with Crippen molar-refractivity contribution in [3.63, 3.8) is 0 Å². The molecule has 17 heavy (non-hydrogen) atoms. The minimum absolute atomic E-state index is 0.0530. The minimum atomic E-state index is -0.0530. The maximum Gasteiger partial charge on any atom is 0.264 e. The second-order valence-corrected chi connectivity index (χ2v) is 7.86. The van der Waals surface area contributed by atoms with Crippen molar-refractivity contribution in [3.05, 3.63) is 28.7 Å². The van der Waals surface area contributed by atoms with Gasteiger partial charge in [0, 0.05) is 5.92 Å². The quantitative estimate of drug-likeness (QED) is 0.686. The standard InChI is InChI=1S/C10H7I2N3OS/c11-5-3-13-10(17-5)8-14-7(4-1-2-4)6(12)9(16)15-8/h3-4H,1-2H2,(H,14,15,16). The summed E-state index contributed by atoms with van der Waals surface area (Å²) < 4.78 is 1.81. The summed E-state index contributed by atoms with van der Waals surface area (Å²) in [7, 11) is 0. The zero-order valence-electron chi connectivity index (χ0n) is 8.54. The van der Waals surface area contributed by atoms with Crippen LogP contribution in [0.5, 0.6) is 0 Å². The van der Waals surface area contributed by atoms with Gasteiger partial charge in [-0.25, -0.2) is 9.97 Å². The fourth-order valence-corrected chi connectivity index (χ4v) is 3.62. The van der Waals surface area contributed by atoms with E-state index in [0.29, 0.717) is 11.7 Å². The van der Waals surface area contributed by atoms with Crippen molar-refractivity contribution < 1.29 is 0 Å². The number of hydrogen-bond donors (Lipinski definition) is 1. The fraction of sp³-hybridized carbons (Fsp3) is 0.300. The Morgan fingerprint density at radius 2 is 2.18 bits per heavy atom. The molecule has 0 amide bonds. The van der Waals surface area contributed by atoms with E-state index in [1.807, 2.05) is 0 Å². The van der Waals surface area contributed by atoms with Crippen LogP contribution in [0.15, 0.2) is 11.0 Å². The van der Waals surface area contributed by atoms with Crippen LogP contribution in [-0.4, -0.2) is 15.0 Å². The first-order chi connectivity index (χ1) is 8.15. The lowest BCUT2D eigenvalue weighted by molar-refractivity contribution is 0.956. The molecule has 1 N–H and O–H groups in total. The van der Waals surface area contributed by atoms with E-state index >= 15 is 0 Å². The number of aromatic nitrogens is 3. The lowest BCUT2D eigenvalue weighted by atomic mass is 10.3. The van der Waals surface area contributed by atoms with E-state index in [1.54, 1.807) is 6.20 Å². The monoisotopic (exact) mass is 471 g/mol. The van der Waals surface area contributed by atoms with Crippen molar-refractivity contribution in [1.29, 1.82) is 0 Å². The first-order valence-electron chi connectivity index (χ1n) is 5.06. The van der Waals surface area contributed by atoms with Gasteiger partial charge in [-0.2, -0.15) is 0 Å². The highest BCUT2D eigenvalue weighted by Gasteiger charge is 2.29. The summed E-state index contributed by atoms with van der Waals surface area (Å²) in [5.41, 5.74) is 0.886. The highest BCUT2D eigenvalue weighted by Crippen LogP contribution is 2.40. The SMILES string of the molecule is O=c1[nH]c(-c2ncc(I)s2)nc(C2CC2)c1I. The van der Waals surface area contributed by atoms with E-state index in [4.69, 9.17) is 0 Å². The van der Waals surface area contributed by atoms with E-state index in [2.05, 4.69) is 60.1 Å². The molecule has 0 saturated heterocycles. The van der Waals surface area contributed by atoms with Crippen LogP contribution >= 0.6 is 56.5 Å². The smallest absolute Gasteiger partial charge is 0.264 e. The van der Waals surface area contributed by atoms with E-state index < -0.39 is 0 Å². The number of H-pyrrole nitrogens is 1. The molecule has 0 bridgehead atoms. The molecule has 2 aromatic rings. The third-order valence-electron chi connectivity index (χ3n) is 2.53. The van der Waals surface area contributed by atoms with Crippen molar-refractivity contribution in [2.75, 3.05) is 0 Å². The Kier molecular flexibility index (Phi) is 3.24. The molecule has 4 nitrogen and oxygen atoms in total. The van der Waals surface area contributed by atoms with Crippen LogP contribution in [0.3, 0.4) is 0 Å². The minimum Gasteiger partial charge on any atom is -0.304 e. The van der Waals surface area contributed by atoms with Gasteiger partial charge in [0.25, 0.3) is 5.56 Å². The molecule has 0 radical (unpaired) electrons. The largest absolute Gasteiger partial charge is 0.304 e. The van der Waals surface area contributed by atoms with Gasteiger partial charge in [0.15, 0.2) is 10.8 Å². The van der Waals surface area contributed by atoms with Crippen molar-refractivity contribution >= 4 is 56.5 Å². The molecule has 2 aromatic heterocycles. The molecule has 1 aliphatic carbocycles. The molecule has 1 saturated carbocycles. The topological polar surface area (TPSA) is 58.6 Å². The van der Waals surface area contributed by atoms with Crippen LogP contribution in [-0.2, 0) is 0 Å². The number of halogens is 2. The fourth-order valence-electron chi connectivity index (χ4n) is 1.57. The predicted molar refractivity (Wildman–Crippen MR) is 83.4 cm³/mol. The summed E-state index contributed by atoms with van der Waals surface area (Å²) in [6, 6.07) is 0. The van der Waals surface area contributed by atoms with Gasteiger partial charge in [0.2, 0.25) is 0 Å². The van der Waals surface area contributed by atoms with Gasteiger partial charge in [-0.15, -0.1) is 11.3 Å². The summed E-state index contributed by atoms with van der Waals surface area (Å²) in [6.07, 6.45) is 4.07. The summed E-state index contributed by atoms with van der Waals surface area (Å²) in [5.74, 6) is 1.08. The molecular formula is C10H7I2N3OS. The van der Waals surface area contributed by atoms with E-state index in [9.17, 15) is 4.79 Å². The summed E-state index contributed by atoms with van der Waals surface area (Å²) >= 11 is 5.83. The second kappa shape index (κ2) is 4.57. The molecule has 0 aromatic carbocycles. The number of hydrogen-bond acceptors (Lipinski definition) is 4. The average molecular weight is 471 g/mol. The first kappa shape index (κ1) is 12.0. The molecule has 88 valence electrons. The Morgan fingerprint density at radius 3 is 2.76 bits per heavy atom. The van der Waals surface area contributed by atoms with Crippen LogP contribution in [0, 0.1) is 6.45 Å². The van der Waals surface area contributed by atoms with Crippen LogP contribution in [0.2, 0.25) is 0 Å². The molecule has 0 atom stereocenters. The third-order valence-corrected chi connectivity index (χ3v) is 5.31. The van der Waals surface area contributed by atoms with Crippen LogP contribution < -0.4 is 5.56 Å². The number of rotatable bonds is 2. The van der Waals surface area contributed by atoms with Crippen molar-refractivity contribution in [2.45, 2.75) is 18.8 Å². The Morgan fingerprint density at radius 1 is 1.41 bits per heavy atom. The van der Waals surface area contributed by atoms with Crippen molar-refractivity contribution in [3.8, 4) is 10.8 Å². The number of thiazole rings is 1. The van der Waals surface area contributed by atoms with Gasteiger partial charge < -0.3 is 4.98 Å². The summed E-state index contributed by atoms with van der Waals surface area (Å²) in [6.45, 7) is 0. The van der Waals surface area contributed by atoms with Crippen LogP contribution in [0.4, 0.5) is 0 Å². The van der Waals surface area contributed by atoms with Gasteiger partial charge in [0.05, 0.1) is 14.8 Å². The molecule has 3 rings (SSSR count). The Labute approximate surface area is 129 Å². The van der Waals surface area contributed by atoms with Gasteiger partial charge >= 0.3 is 0 Å².